The smallest absolute Gasteiger partial charge is 0.404 e. The van der Waals surface area contributed by atoms with Crippen LogP contribution in [0.1, 0.15) is 32.1 Å². The monoisotopic (exact) mass is 364 g/mol. The summed E-state index contributed by atoms with van der Waals surface area (Å²) in [6, 6.07) is 12.7. The van der Waals surface area contributed by atoms with E-state index in [1.165, 1.54) is 0 Å². The third-order valence-corrected chi connectivity index (χ3v) is 5.48. The molecule has 7 heteroatoms. The predicted molar refractivity (Wildman–Crippen MR) is 98.2 cm³/mol. The molecule has 0 atom stereocenters. The Hall–Kier alpha value is -2.12. The minimum atomic E-state index is -3.52. The molecule has 2 aromatic rings. The normalized spacial score (nSPS) is 11.5. The summed E-state index contributed by atoms with van der Waals surface area (Å²) in [5.74, 6) is 0. The summed E-state index contributed by atoms with van der Waals surface area (Å²) in [5, 5.41) is 12.4. The van der Waals surface area contributed by atoms with Gasteiger partial charge in [0, 0.05) is 18.5 Å². The predicted octanol–water partition coefficient (Wildman–Crippen LogP) is 3.34. The molecule has 2 aromatic carbocycles. The molecule has 0 aliphatic rings. The number of rotatable bonds is 10. The first-order valence-corrected chi connectivity index (χ1v) is 9.93. The Morgan fingerprint density at radius 1 is 0.880 bits per heavy atom. The van der Waals surface area contributed by atoms with Crippen LogP contribution in [0.2, 0.25) is 0 Å². The molecule has 25 heavy (non-hydrogen) atoms. The lowest BCUT2D eigenvalue weighted by Crippen LogP contribution is -2.25. The van der Waals surface area contributed by atoms with Gasteiger partial charge in [-0.2, -0.15) is 0 Å². The van der Waals surface area contributed by atoms with E-state index in [1.54, 1.807) is 12.1 Å². The van der Waals surface area contributed by atoms with Crippen LogP contribution in [0.5, 0.6) is 0 Å². The molecule has 0 aliphatic carbocycles. The Balaban J connectivity index is 1.75. The molecule has 0 saturated heterocycles. The average molecular weight is 364 g/mol. The van der Waals surface area contributed by atoms with Crippen LogP contribution in [0.25, 0.3) is 10.8 Å². The molecular weight excluding hydrogens is 340 g/mol. The molecule has 0 unspecified atom stereocenters. The van der Waals surface area contributed by atoms with Gasteiger partial charge in [0.25, 0.3) is 0 Å². The topological polar surface area (TPSA) is 95.5 Å². The highest BCUT2D eigenvalue weighted by molar-refractivity contribution is 7.89. The number of unbranched alkanes of at least 4 members (excludes halogenated alkanes) is 4. The van der Waals surface area contributed by atoms with Gasteiger partial charge >= 0.3 is 6.09 Å². The van der Waals surface area contributed by atoms with E-state index in [-0.39, 0.29) is 0 Å². The van der Waals surface area contributed by atoms with Crippen LogP contribution in [-0.4, -0.2) is 32.7 Å². The van der Waals surface area contributed by atoms with Crippen molar-refractivity contribution in [3.8, 4) is 0 Å². The highest BCUT2D eigenvalue weighted by Gasteiger charge is 2.16. The van der Waals surface area contributed by atoms with E-state index < -0.39 is 16.1 Å². The standard InChI is InChI=1S/C18H24N2O4S/c21-18(22)19-13-6-2-1-3-7-14-20-25(23,24)17-12-8-10-15-9-4-5-11-16(15)17/h4-5,8-12,19-20H,1-3,6-7,13-14H2,(H,21,22). The van der Waals surface area contributed by atoms with E-state index >= 15 is 0 Å². The molecule has 0 radical (unpaired) electrons. The average Bonchev–Trinajstić information content (AvgIpc) is 2.59. The van der Waals surface area contributed by atoms with Gasteiger partial charge in [-0.05, 0) is 24.3 Å². The van der Waals surface area contributed by atoms with Gasteiger partial charge in [0.1, 0.15) is 0 Å². The maximum absolute atomic E-state index is 12.5. The van der Waals surface area contributed by atoms with Gasteiger partial charge in [-0.15, -0.1) is 0 Å². The summed E-state index contributed by atoms with van der Waals surface area (Å²) in [4.78, 5) is 10.6. The first-order valence-electron chi connectivity index (χ1n) is 8.45. The maximum atomic E-state index is 12.5. The number of carbonyl (C=O) groups is 1. The molecule has 136 valence electrons. The highest BCUT2D eigenvalue weighted by atomic mass is 32.2. The zero-order valence-corrected chi connectivity index (χ0v) is 14.9. The third-order valence-electron chi connectivity index (χ3n) is 3.96. The Labute approximate surface area is 148 Å². The van der Waals surface area contributed by atoms with Crippen molar-refractivity contribution in [2.75, 3.05) is 13.1 Å². The molecule has 0 aromatic heterocycles. The van der Waals surface area contributed by atoms with Crippen molar-refractivity contribution < 1.29 is 18.3 Å². The number of benzene rings is 2. The molecule has 0 heterocycles. The van der Waals surface area contributed by atoms with Crippen molar-refractivity contribution in [3.63, 3.8) is 0 Å². The molecule has 0 bridgehead atoms. The lowest BCUT2D eigenvalue weighted by molar-refractivity contribution is 0.194. The van der Waals surface area contributed by atoms with E-state index in [4.69, 9.17) is 5.11 Å². The first kappa shape index (κ1) is 19.2. The van der Waals surface area contributed by atoms with E-state index in [0.717, 1.165) is 42.9 Å². The van der Waals surface area contributed by atoms with Crippen LogP contribution >= 0.6 is 0 Å². The molecular formula is C18H24N2O4S. The van der Waals surface area contributed by atoms with Crippen LogP contribution in [-0.2, 0) is 10.0 Å². The Kier molecular flexibility index (Phi) is 7.21. The van der Waals surface area contributed by atoms with E-state index in [2.05, 4.69) is 10.0 Å². The number of hydrogen-bond acceptors (Lipinski definition) is 3. The summed E-state index contributed by atoms with van der Waals surface area (Å²) in [5.41, 5.74) is 0. The van der Waals surface area contributed by atoms with Gasteiger partial charge in [-0.1, -0.05) is 55.7 Å². The quantitative estimate of drug-likeness (QED) is 0.564. The van der Waals surface area contributed by atoms with E-state index in [1.807, 2.05) is 30.3 Å². The molecule has 0 saturated carbocycles. The van der Waals surface area contributed by atoms with Crippen molar-refractivity contribution in [2.24, 2.45) is 0 Å². The summed E-state index contributed by atoms with van der Waals surface area (Å²) in [6.45, 7) is 0.863. The van der Waals surface area contributed by atoms with Crippen molar-refractivity contribution in [1.82, 2.24) is 10.0 Å². The van der Waals surface area contributed by atoms with Crippen molar-refractivity contribution in [1.29, 1.82) is 0 Å². The van der Waals surface area contributed by atoms with Crippen molar-refractivity contribution in [3.05, 3.63) is 42.5 Å². The number of fused-ring (bicyclic) bond motifs is 1. The van der Waals surface area contributed by atoms with Gasteiger partial charge < -0.3 is 10.4 Å². The van der Waals surface area contributed by atoms with Gasteiger partial charge in [0.2, 0.25) is 10.0 Å². The summed E-state index contributed by atoms with van der Waals surface area (Å²) >= 11 is 0. The number of sulfonamides is 1. The van der Waals surface area contributed by atoms with Gasteiger partial charge in [0.15, 0.2) is 0 Å². The third kappa shape index (κ3) is 6.03. The molecule has 0 fully saturated rings. The van der Waals surface area contributed by atoms with Crippen molar-refractivity contribution in [2.45, 2.75) is 37.0 Å². The van der Waals surface area contributed by atoms with Crippen molar-refractivity contribution >= 4 is 26.9 Å². The first-order chi connectivity index (χ1) is 12.0. The molecule has 6 nitrogen and oxygen atoms in total. The highest BCUT2D eigenvalue weighted by Crippen LogP contribution is 2.22. The molecule has 3 N–H and O–H groups in total. The summed E-state index contributed by atoms with van der Waals surface area (Å²) in [7, 11) is -3.52. The van der Waals surface area contributed by atoms with Crippen LogP contribution in [0.15, 0.2) is 47.4 Å². The van der Waals surface area contributed by atoms with Crippen LogP contribution in [0.3, 0.4) is 0 Å². The second-order valence-electron chi connectivity index (χ2n) is 5.87. The Bertz CT molecular complexity index is 800. The maximum Gasteiger partial charge on any atom is 0.404 e. The minimum absolute atomic E-state index is 0.311. The van der Waals surface area contributed by atoms with E-state index in [9.17, 15) is 13.2 Å². The Morgan fingerprint density at radius 3 is 2.28 bits per heavy atom. The lowest BCUT2D eigenvalue weighted by Gasteiger charge is -2.09. The Morgan fingerprint density at radius 2 is 1.52 bits per heavy atom. The van der Waals surface area contributed by atoms with E-state index in [0.29, 0.717) is 18.0 Å². The summed E-state index contributed by atoms with van der Waals surface area (Å²) in [6.07, 6.45) is 3.35. The van der Waals surface area contributed by atoms with Crippen LogP contribution in [0.4, 0.5) is 4.79 Å². The van der Waals surface area contributed by atoms with Crippen LogP contribution < -0.4 is 10.0 Å². The number of hydrogen-bond donors (Lipinski definition) is 3. The summed E-state index contributed by atoms with van der Waals surface area (Å²) < 4.78 is 27.7. The lowest BCUT2D eigenvalue weighted by atomic mass is 10.1. The number of nitrogens with one attached hydrogen (secondary N) is 2. The van der Waals surface area contributed by atoms with Gasteiger partial charge in [0.05, 0.1) is 4.90 Å². The second-order valence-corrected chi connectivity index (χ2v) is 7.61. The fraction of sp³-hybridized carbons (Fsp3) is 0.389. The molecule has 2 rings (SSSR count). The fourth-order valence-corrected chi connectivity index (χ4v) is 3.99. The van der Waals surface area contributed by atoms with Gasteiger partial charge in [-0.3, -0.25) is 0 Å². The largest absolute Gasteiger partial charge is 0.465 e. The zero-order valence-electron chi connectivity index (χ0n) is 14.1. The number of carboxylic acid groups (broad SMARTS) is 1. The second kappa shape index (κ2) is 9.39. The minimum Gasteiger partial charge on any atom is -0.465 e. The number of amides is 1. The van der Waals surface area contributed by atoms with Crippen LogP contribution in [0, 0.1) is 0 Å². The zero-order chi connectivity index (χ0) is 18.1. The SMILES string of the molecule is O=C(O)NCCCCCCCNS(=O)(=O)c1cccc2ccccc12. The fourth-order valence-electron chi connectivity index (χ4n) is 2.69. The van der Waals surface area contributed by atoms with Gasteiger partial charge in [-0.25, -0.2) is 17.9 Å². The molecule has 1 amide bonds. The molecule has 0 aliphatic heterocycles. The molecule has 0 spiro atoms.